The molecule has 82 valence electrons. The predicted molar refractivity (Wildman–Crippen MR) is 67.4 cm³/mol. The van der Waals surface area contributed by atoms with E-state index in [9.17, 15) is 0 Å². The van der Waals surface area contributed by atoms with E-state index < -0.39 is 0 Å². The average molecular weight is 290 g/mol. The fraction of sp³-hybridized carbons (Fsp3) is 0.545. The Balaban J connectivity index is 1.99. The smallest absolute Gasteiger partial charge is 0.144 e. The summed E-state index contributed by atoms with van der Waals surface area (Å²) in [5, 5.41) is 4.01. The Morgan fingerprint density at radius 3 is 2.87 bits per heavy atom. The van der Waals surface area contributed by atoms with Gasteiger partial charge in [-0.2, -0.15) is 0 Å². The van der Waals surface area contributed by atoms with Gasteiger partial charge in [-0.15, -0.1) is 0 Å². The van der Waals surface area contributed by atoms with Crippen LogP contribution in [0.2, 0.25) is 5.02 Å². The monoisotopic (exact) mass is 288 g/mol. The van der Waals surface area contributed by atoms with E-state index in [1.165, 1.54) is 19.3 Å². The fourth-order valence-corrected chi connectivity index (χ4v) is 2.34. The molecule has 1 aliphatic carbocycles. The van der Waals surface area contributed by atoms with Crippen molar-refractivity contribution in [2.24, 2.45) is 5.41 Å². The molecule has 0 aromatic carbocycles. The van der Waals surface area contributed by atoms with Gasteiger partial charge in [-0.1, -0.05) is 18.5 Å². The summed E-state index contributed by atoms with van der Waals surface area (Å²) < 4.78 is 0.912. The summed E-state index contributed by atoms with van der Waals surface area (Å²) >= 11 is 9.41. The number of nitrogens with one attached hydrogen (secondary N) is 1. The molecule has 1 heterocycles. The number of anilines is 1. The van der Waals surface area contributed by atoms with Gasteiger partial charge in [0, 0.05) is 17.2 Å². The van der Waals surface area contributed by atoms with E-state index in [0.717, 1.165) is 16.8 Å². The highest BCUT2D eigenvalue weighted by Gasteiger charge is 2.40. The van der Waals surface area contributed by atoms with Gasteiger partial charge in [0.15, 0.2) is 0 Å². The lowest BCUT2D eigenvalue weighted by Crippen LogP contribution is -2.15. The van der Waals surface area contributed by atoms with Gasteiger partial charge in [0.05, 0.1) is 5.02 Å². The number of aromatic nitrogens is 1. The molecule has 0 atom stereocenters. The molecule has 1 fully saturated rings. The van der Waals surface area contributed by atoms with Gasteiger partial charge < -0.3 is 5.32 Å². The third-order valence-corrected chi connectivity index (χ3v) is 3.87. The zero-order chi connectivity index (χ0) is 10.9. The molecule has 1 aromatic rings. The Morgan fingerprint density at radius 1 is 1.60 bits per heavy atom. The van der Waals surface area contributed by atoms with Crippen LogP contribution >= 0.6 is 27.5 Å². The van der Waals surface area contributed by atoms with Crippen LogP contribution in [0.5, 0.6) is 0 Å². The maximum atomic E-state index is 6.07. The van der Waals surface area contributed by atoms with Crippen LogP contribution in [0.15, 0.2) is 16.7 Å². The van der Waals surface area contributed by atoms with Crippen molar-refractivity contribution >= 4 is 33.3 Å². The van der Waals surface area contributed by atoms with E-state index in [-0.39, 0.29) is 0 Å². The number of rotatable bonds is 4. The minimum absolute atomic E-state index is 0.512. The zero-order valence-electron chi connectivity index (χ0n) is 8.69. The molecule has 2 rings (SSSR count). The van der Waals surface area contributed by atoms with Crippen molar-refractivity contribution in [2.75, 3.05) is 11.9 Å². The van der Waals surface area contributed by atoms with Gasteiger partial charge in [0.1, 0.15) is 5.82 Å². The van der Waals surface area contributed by atoms with Crippen molar-refractivity contribution in [3.05, 3.63) is 21.8 Å². The Labute approximate surface area is 104 Å². The number of hydrogen-bond donors (Lipinski definition) is 1. The van der Waals surface area contributed by atoms with Crippen LogP contribution in [-0.4, -0.2) is 11.5 Å². The second kappa shape index (κ2) is 4.30. The molecule has 0 radical (unpaired) electrons. The molecule has 0 saturated heterocycles. The van der Waals surface area contributed by atoms with Crippen molar-refractivity contribution < 1.29 is 0 Å². The Kier molecular flexibility index (Phi) is 3.21. The predicted octanol–water partition coefficient (Wildman–Crippen LogP) is 4.10. The summed E-state index contributed by atoms with van der Waals surface area (Å²) in [5.41, 5.74) is 0.512. The van der Waals surface area contributed by atoms with Gasteiger partial charge in [0.25, 0.3) is 0 Å². The molecule has 0 spiro atoms. The molecule has 0 amide bonds. The summed E-state index contributed by atoms with van der Waals surface area (Å²) in [4.78, 5) is 4.25. The molecule has 2 nitrogen and oxygen atoms in total. The zero-order valence-corrected chi connectivity index (χ0v) is 11.0. The quantitative estimate of drug-likeness (QED) is 0.902. The first-order chi connectivity index (χ1) is 7.15. The second-order valence-corrected chi connectivity index (χ2v) is 5.51. The van der Waals surface area contributed by atoms with Crippen molar-refractivity contribution in [2.45, 2.75) is 26.2 Å². The minimum Gasteiger partial charge on any atom is -0.368 e. The standard InChI is InChI=1S/C11H14BrClN2/c1-2-11(3-4-11)7-15-10-9(13)5-8(12)6-14-10/h5-6H,2-4,7H2,1H3,(H,14,15). The van der Waals surface area contributed by atoms with Crippen LogP contribution in [0.25, 0.3) is 0 Å². The first-order valence-corrected chi connectivity index (χ1v) is 6.37. The highest BCUT2D eigenvalue weighted by Crippen LogP contribution is 2.48. The number of hydrogen-bond acceptors (Lipinski definition) is 2. The van der Waals surface area contributed by atoms with Crippen LogP contribution in [-0.2, 0) is 0 Å². The Hall–Kier alpha value is -0.280. The maximum Gasteiger partial charge on any atom is 0.144 e. The molecule has 0 unspecified atom stereocenters. The van der Waals surface area contributed by atoms with E-state index in [0.29, 0.717) is 10.4 Å². The van der Waals surface area contributed by atoms with Crippen LogP contribution in [0.1, 0.15) is 26.2 Å². The molecule has 15 heavy (non-hydrogen) atoms. The molecule has 1 saturated carbocycles. The average Bonchev–Trinajstić information content (AvgIpc) is 2.97. The van der Waals surface area contributed by atoms with Crippen LogP contribution in [0, 0.1) is 5.41 Å². The molecule has 4 heteroatoms. The normalized spacial score (nSPS) is 17.5. The fourth-order valence-electron chi connectivity index (χ4n) is 1.65. The molecular formula is C11H14BrClN2. The van der Waals surface area contributed by atoms with Gasteiger partial charge in [0.2, 0.25) is 0 Å². The van der Waals surface area contributed by atoms with Gasteiger partial charge in [-0.05, 0) is 46.7 Å². The first kappa shape index (κ1) is 11.2. The largest absolute Gasteiger partial charge is 0.368 e. The first-order valence-electron chi connectivity index (χ1n) is 5.20. The topological polar surface area (TPSA) is 24.9 Å². The number of nitrogens with zero attached hydrogens (tertiary/aromatic N) is 1. The van der Waals surface area contributed by atoms with E-state index >= 15 is 0 Å². The Bertz CT molecular complexity index is 364. The molecular weight excluding hydrogens is 275 g/mol. The van der Waals surface area contributed by atoms with E-state index in [4.69, 9.17) is 11.6 Å². The lowest BCUT2D eigenvalue weighted by Gasteiger charge is -2.14. The summed E-state index contributed by atoms with van der Waals surface area (Å²) in [7, 11) is 0. The molecule has 1 N–H and O–H groups in total. The highest BCUT2D eigenvalue weighted by molar-refractivity contribution is 9.10. The molecule has 0 aliphatic heterocycles. The van der Waals surface area contributed by atoms with Crippen molar-refractivity contribution in [3.63, 3.8) is 0 Å². The summed E-state index contributed by atoms with van der Waals surface area (Å²) in [6, 6.07) is 1.86. The Morgan fingerprint density at radius 2 is 2.33 bits per heavy atom. The summed E-state index contributed by atoms with van der Waals surface area (Å²) in [6.45, 7) is 3.23. The lowest BCUT2D eigenvalue weighted by molar-refractivity contribution is 0.521. The molecule has 1 aromatic heterocycles. The lowest BCUT2D eigenvalue weighted by atomic mass is 10.0. The van der Waals surface area contributed by atoms with Crippen LogP contribution in [0.3, 0.4) is 0 Å². The molecule has 0 bridgehead atoms. The molecule has 1 aliphatic rings. The van der Waals surface area contributed by atoms with Crippen molar-refractivity contribution in [1.29, 1.82) is 0 Å². The van der Waals surface area contributed by atoms with Crippen LogP contribution < -0.4 is 5.32 Å². The SMILES string of the molecule is CCC1(CNc2ncc(Br)cc2Cl)CC1. The van der Waals surface area contributed by atoms with Gasteiger partial charge in [-0.3, -0.25) is 0 Å². The highest BCUT2D eigenvalue weighted by atomic mass is 79.9. The third-order valence-electron chi connectivity index (χ3n) is 3.15. The van der Waals surface area contributed by atoms with Crippen molar-refractivity contribution in [3.8, 4) is 0 Å². The summed E-state index contributed by atoms with van der Waals surface area (Å²) in [6.07, 6.45) is 5.64. The van der Waals surface area contributed by atoms with E-state index in [1.54, 1.807) is 6.20 Å². The van der Waals surface area contributed by atoms with Gasteiger partial charge in [-0.25, -0.2) is 4.98 Å². The third kappa shape index (κ3) is 2.64. The van der Waals surface area contributed by atoms with E-state index in [2.05, 4.69) is 33.2 Å². The van der Waals surface area contributed by atoms with E-state index in [1.807, 2.05) is 6.07 Å². The second-order valence-electron chi connectivity index (χ2n) is 4.19. The summed E-state index contributed by atoms with van der Waals surface area (Å²) in [5.74, 6) is 0.791. The minimum atomic E-state index is 0.512. The van der Waals surface area contributed by atoms with Crippen molar-refractivity contribution in [1.82, 2.24) is 4.98 Å². The van der Waals surface area contributed by atoms with Crippen LogP contribution in [0.4, 0.5) is 5.82 Å². The maximum absolute atomic E-state index is 6.07. The number of pyridine rings is 1. The number of halogens is 2. The van der Waals surface area contributed by atoms with Gasteiger partial charge >= 0.3 is 0 Å².